The second kappa shape index (κ2) is 8.35. The lowest BCUT2D eigenvalue weighted by atomic mass is 9.88. The maximum atomic E-state index is 12.6. The summed E-state index contributed by atoms with van der Waals surface area (Å²) in [6, 6.07) is 4.09. The van der Waals surface area contributed by atoms with Crippen LogP contribution in [0.15, 0.2) is 29.8 Å². The number of carbonyl (C=O) groups excluding carboxylic acids is 1. The molecular weight excluding hydrogens is 425 g/mol. The summed E-state index contributed by atoms with van der Waals surface area (Å²) in [7, 11) is 0. The van der Waals surface area contributed by atoms with Gasteiger partial charge in [-0.3, -0.25) is 4.90 Å². The van der Waals surface area contributed by atoms with Crippen molar-refractivity contribution in [1.82, 2.24) is 9.88 Å². The van der Waals surface area contributed by atoms with Gasteiger partial charge in [-0.25, -0.2) is 4.79 Å². The third kappa shape index (κ3) is 4.72. The molecule has 9 heteroatoms. The van der Waals surface area contributed by atoms with Crippen LogP contribution in [0.1, 0.15) is 51.8 Å². The number of amides is 1. The third-order valence-corrected chi connectivity index (χ3v) is 6.14. The molecule has 0 aliphatic carbocycles. The van der Waals surface area contributed by atoms with E-state index in [0.29, 0.717) is 30.2 Å². The highest BCUT2D eigenvalue weighted by Gasteiger charge is 2.58. The maximum absolute atomic E-state index is 12.6. The van der Waals surface area contributed by atoms with Crippen LogP contribution in [-0.2, 0) is 11.2 Å². The van der Waals surface area contributed by atoms with E-state index in [2.05, 4.69) is 9.72 Å². The highest BCUT2D eigenvalue weighted by molar-refractivity contribution is 5.86. The first-order chi connectivity index (χ1) is 14.7. The van der Waals surface area contributed by atoms with Crippen LogP contribution in [0.4, 0.5) is 18.0 Å². The molecule has 176 valence electrons. The summed E-state index contributed by atoms with van der Waals surface area (Å²) in [5.41, 5.74) is 0.688. The van der Waals surface area contributed by atoms with Gasteiger partial charge in [0.25, 0.3) is 0 Å². The molecule has 1 aliphatic heterocycles. The number of rotatable bonds is 7. The van der Waals surface area contributed by atoms with E-state index in [1.807, 2.05) is 26.8 Å². The Bertz CT molecular complexity index is 1040. The molecule has 0 bridgehead atoms. The molecule has 1 aliphatic rings. The number of halogens is 3. The molecule has 0 spiro atoms. The van der Waals surface area contributed by atoms with Gasteiger partial charge in [0.15, 0.2) is 11.3 Å². The van der Waals surface area contributed by atoms with Gasteiger partial charge in [-0.1, -0.05) is 11.6 Å². The summed E-state index contributed by atoms with van der Waals surface area (Å²) in [4.78, 5) is 17.0. The molecule has 0 radical (unpaired) electrons. The number of aromatic nitrogens is 1. The number of aliphatic hydroxyl groups is 1. The molecule has 2 N–H and O–H groups in total. The summed E-state index contributed by atoms with van der Waals surface area (Å²) in [6.07, 6.45) is -1.96. The number of hydrogen-bond donors (Lipinski definition) is 2. The average molecular weight is 454 g/mol. The molecule has 6 nitrogen and oxygen atoms in total. The second-order valence-electron chi connectivity index (χ2n) is 8.83. The maximum Gasteiger partial charge on any atom is 0.573 e. The van der Waals surface area contributed by atoms with Gasteiger partial charge in [-0.15, -0.1) is 13.2 Å². The first-order valence-corrected chi connectivity index (χ1v) is 10.5. The lowest BCUT2D eigenvalue weighted by Gasteiger charge is -2.37. The quantitative estimate of drug-likeness (QED) is 0.536. The SMILES string of the molecule is CC(C)=CCCC1(C)OC(=O)N(CCc2c(C)[nH]c3ccc(OC(F)(F)F)cc23)C1(C)O. The fourth-order valence-corrected chi connectivity index (χ4v) is 4.15. The molecule has 32 heavy (non-hydrogen) atoms. The zero-order valence-corrected chi connectivity index (χ0v) is 18.9. The van der Waals surface area contributed by atoms with E-state index in [-0.39, 0.29) is 12.3 Å². The number of carbonyl (C=O) groups is 1. The first kappa shape index (κ1) is 24.0. The molecule has 2 unspecified atom stereocenters. The van der Waals surface area contributed by atoms with E-state index in [1.165, 1.54) is 23.1 Å². The fourth-order valence-electron chi connectivity index (χ4n) is 4.15. The van der Waals surface area contributed by atoms with Gasteiger partial charge >= 0.3 is 12.5 Å². The third-order valence-electron chi connectivity index (χ3n) is 6.14. The van der Waals surface area contributed by atoms with Crippen molar-refractivity contribution in [2.24, 2.45) is 0 Å². The Balaban J connectivity index is 1.81. The minimum Gasteiger partial charge on any atom is -0.438 e. The Morgan fingerprint density at radius 1 is 1.31 bits per heavy atom. The van der Waals surface area contributed by atoms with Crippen LogP contribution in [0.2, 0.25) is 0 Å². The van der Waals surface area contributed by atoms with E-state index in [1.54, 1.807) is 13.8 Å². The number of fused-ring (bicyclic) bond motifs is 1. The number of hydrogen-bond acceptors (Lipinski definition) is 4. The predicted octanol–water partition coefficient (Wildman–Crippen LogP) is 5.58. The van der Waals surface area contributed by atoms with Crippen LogP contribution in [0, 0.1) is 6.92 Å². The van der Waals surface area contributed by atoms with Crippen molar-refractivity contribution in [2.75, 3.05) is 6.54 Å². The lowest BCUT2D eigenvalue weighted by molar-refractivity contribution is -0.274. The zero-order valence-electron chi connectivity index (χ0n) is 18.9. The topological polar surface area (TPSA) is 74.8 Å². The smallest absolute Gasteiger partial charge is 0.438 e. The van der Waals surface area contributed by atoms with E-state index in [0.717, 1.165) is 16.8 Å². The summed E-state index contributed by atoms with van der Waals surface area (Å²) < 4.78 is 47.5. The van der Waals surface area contributed by atoms with Gasteiger partial charge < -0.3 is 19.6 Å². The monoisotopic (exact) mass is 454 g/mol. The molecule has 2 aromatic rings. The van der Waals surface area contributed by atoms with Crippen molar-refractivity contribution in [3.63, 3.8) is 0 Å². The number of benzene rings is 1. The molecule has 2 heterocycles. The van der Waals surface area contributed by atoms with Crippen molar-refractivity contribution >= 4 is 17.0 Å². The lowest BCUT2D eigenvalue weighted by Crippen LogP contribution is -2.55. The summed E-state index contributed by atoms with van der Waals surface area (Å²) in [6.45, 7) is 9.16. The minimum absolute atomic E-state index is 0.141. The van der Waals surface area contributed by atoms with Crippen molar-refractivity contribution in [3.05, 3.63) is 41.1 Å². The summed E-state index contributed by atoms with van der Waals surface area (Å²) >= 11 is 0. The number of allylic oxidation sites excluding steroid dienone is 2. The molecule has 1 amide bonds. The largest absolute Gasteiger partial charge is 0.573 e. The van der Waals surface area contributed by atoms with Gasteiger partial charge in [0.1, 0.15) is 5.75 Å². The van der Waals surface area contributed by atoms with E-state index in [9.17, 15) is 23.1 Å². The van der Waals surface area contributed by atoms with Gasteiger partial charge in [-0.05, 0) is 77.6 Å². The standard InChI is InChI=1S/C23H29F3N2O4/c1-14(2)7-6-11-21(4)22(5,30)28(20(29)32-21)12-10-17-15(3)27-19-9-8-16(13-18(17)19)31-23(24,25)26/h7-9,13,27,30H,6,10-12H2,1-5H3. The number of alkyl halides is 3. The number of aromatic amines is 1. The fraction of sp³-hybridized carbons (Fsp3) is 0.522. The van der Waals surface area contributed by atoms with Crippen LogP contribution < -0.4 is 4.74 Å². The first-order valence-electron chi connectivity index (χ1n) is 10.5. The van der Waals surface area contributed by atoms with E-state index >= 15 is 0 Å². The van der Waals surface area contributed by atoms with Crippen LogP contribution in [0.3, 0.4) is 0 Å². The number of cyclic esters (lactones) is 1. The number of aryl methyl sites for hydroxylation is 1. The number of ether oxygens (including phenoxy) is 2. The molecule has 1 aromatic carbocycles. The van der Waals surface area contributed by atoms with E-state index < -0.39 is 23.8 Å². The van der Waals surface area contributed by atoms with Crippen LogP contribution >= 0.6 is 0 Å². The zero-order chi connectivity index (χ0) is 23.9. The molecule has 1 aromatic heterocycles. The highest BCUT2D eigenvalue weighted by Crippen LogP contribution is 2.41. The van der Waals surface area contributed by atoms with Gasteiger partial charge in [0.05, 0.1) is 0 Å². The molecule has 1 saturated heterocycles. The Morgan fingerprint density at radius 3 is 2.62 bits per heavy atom. The van der Waals surface area contributed by atoms with Crippen molar-refractivity contribution in [3.8, 4) is 5.75 Å². The minimum atomic E-state index is -4.78. The summed E-state index contributed by atoms with van der Waals surface area (Å²) in [5.74, 6) is -0.315. The van der Waals surface area contributed by atoms with Gasteiger partial charge in [0, 0.05) is 23.1 Å². The number of nitrogens with zero attached hydrogens (tertiary/aromatic N) is 1. The van der Waals surface area contributed by atoms with Crippen molar-refractivity contribution in [2.45, 2.75) is 71.6 Å². The Labute approximate surface area is 185 Å². The normalized spacial score (nSPS) is 23.5. The Kier molecular flexibility index (Phi) is 6.25. The van der Waals surface area contributed by atoms with E-state index in [4.69, 9.17) is 4.74 Å². The highest BCUT2D eigenvalue weighted by atomic mass is 19.4. The second-order valence-corrected chi connectivity index (χ2v) is 8.83. The Hall–Kier alpha value is -2.68. The number of nitrogens with one attached hydrogen (secondary N) is 1. The van der Waals surface area contributed by atoms with Gasteiger partial charge in [-0.2, -0.15) is 0 Å². The van der Waals surface area contributed by atoms with Crippen molar-refractivity contribution in [1.29, 1.82) is 0 Å². The molecule has 1 fully saturated rings. The summed E-state index contributed by atoms with van der Waals surface area (Å²) in [5, 5.41) is 11.8. The predicted molar refractivity (Wildman–Crippen MR) is 114 cm³/mol. The molecule has 3 rings (SSSR count). The molecular formula is C23H29F3N2O4. The average Bonchev–Trinajstić information content (AvgIpc) is 3.02. The van der Waals surface area contributed by atoms with Gasteiger partial charge in [0.2, 0.25) is 0 Å². The molecule has 0 saturated carbocycles. The Morgan fingerprint density at radius 2 is 2.00 bits per heavy atom. The number of H-pyrrole nitrogens is 1. The van der Waals surface area contributed by atoms with Crippen LogP contribution in [0.5, 0.6) is 5.75 Å². The van der Waals surface area contributed by atoms with Crippen LogP contribution in [-0.4, -0.2) is 45.3 Å². The van der Waals surface area contributed by atoms with Crippen molar-refractivity contribution < 1.29 is 32.5 Å². The molecule has 2 atom stereocenters. The van der Waals surface area contributed by atoms with Crippen LogP contribution in [0.25, 0.3) is 10.9 Å².